The van der Waals surface area contributed by atoms with Crippen LogP contribution in [0.4, 0.5) is 0 Å². The number of esters is 1. The average Bonchev–Trinajstić information content (AvgIpc) is 2.42. The van der Waals surface area contributed by atoms with Crippen LogP contribution in [0, 0.1) is 23.7 Å². The molecule has 0 saturated heterocycles. The van der Waals surface area contributed by atoms with Gasteiger partial charge in [0.1, 0.15) is 6.61 Å². The SMILES string of the molecule is O=C(O)C1CC(C(=O)O)C(C(=O)OCCO)CC1C(=O)O. The molecule has 0 aliphatic heterocycles. The Balaban J connectivity index is 3.00. The summed E-state index contributed by atoms with van der Waals surface area (Å²) in [5.74, 6) is -10.4. The molecule has 0 bridgehead atoms. The Hall–Kier alpha value is -2.16. The van der Waals surface area contributed by atoms with Crippen molar-refractivity contribution in [2.45, 2.75) is 12.8 Å². The third-order valence-electron chi connectivity index (χ3n) is 3.58. The molecule has 0 spiro atoms. The van der Waals surface area contributed by atoms with Gasteiger partial charge in [0.05, 0.1) is 30.3 Å². The minimum Gasteiger partial charge on any atom is -0.481 e. The van der Waals surface area contributed by atoms with E-state index in [1.807, 2.05) is 0 Å². The molecule has 21 heavy (non-hydrogen) atoms. The first-order valence-electron chi connectivity index (χ1n) is 6.25. The van der Waals surface area contributed by atoms with Crippen LogP contribution in [0.15, 0.2) is 0 Å². The molecule has 1 fully saturated rings. The molecular formula is C12H16O9. The number of aliphatic hydroxyl groups excluding tert-OH is 1. The number of ether oxygens (including phenoxy) is 1. The number of carboxylic acid groups (broad SMARTS) is 3. The van der Waals surface area contributed by atoms with Gasteiger partial charge in [0.25, 0.3) is 0 Å². The molecule has 0 heterocycles. The topological polar surface area (TPSA) is 158 Å². The predicted molar refractivity (Wildman–Crippen MR) is 64.1 cm³/mol. The number of carbonyl (C=O) groups excluding carboxylic acids is 1. The second-order valence-corrected chi connectivity index (χ2v) is 4.80. The van der Waals surface area contributed by atoms with Gasteiger partial charge in [0, 0.05) is 0 Å². The van der Waals surface area contributed by atoms with Gasteiger partial charge in [-0.25, -0.2) is 0 Å². The molecule has 0 amide bonds. The largest absolute Gasteiger partial charge is 0.481 e. The highest BCUT2D eigenvalue weighted by molar-refractivity contribution is 5.86. The van der Waals surface area contributed by atoms with Crippen LogP contribution in [0.3, 0.4) is 0 Å². The summed E-state index contributed by atoms with van der Waals surface area (Å²) in [4.78, 5) is 45.2. The summed E-state index contributed by atoms with van der Waals surface area (Å²) >= 11 is 0. The molecule has 0 aromatic heterocycles. The zero-order valence-corrected chi connectivity index (χ0v) is 11.0. The molecule has 9 heteroatoms. The molecule has 0 aromatic carbocycles. The zero-order chi connectivity index (χ0) is 16.2. The summed E-state index contributed by atoms with van der Waals surface area (Å²) in [5, 5.41) is 35.8. The van der Waals surface area contributed by atoms with Gasteiger partial charge >= 0.3 is 23.9 Å². The van der Waals surface area contributed by atoms with Crippen LogP contribution in [0.25, 0.3) is 0 Å². The lowest BCUT2D eigenvalue weighted by atomic mass is 9.68. The maximum atomic E-state index is 11.8. The first-order valence-corrected chi connectivity index (χ1v) is 6.25. The molecule has 4 atom stereocenters. The molecule has 0 radical (unpaired) electrons. The molecule has 4 N–H and O–H groups in total. The van der Waals surface area contributed by atoms with Gasteiger partial charge < -0.3 is 25.2 Å². The standard InChI is InChI=1S/C12H16O9/c13-1-2-21-12(20)8-4-6(10(16)17)5(9(14)15)3-7(8)11(18)19/h5-8,13H,1-4H2,(H,14,15)(H,16,17)(H,18,19). The van der Waals surface area contributed by atoms with Crippen molar-refractivity contribution in [1.82, 2.24) is 0 Å². The van der Waals surface area contributed by atoms with E-state index in [9.17, 15) is 19.2 Å². The van der Waals surface area contributed by atoms with Gasteiger partial charge in [-0.15, -0.1) is 0 Å². The van der Waals surface area contributed by atoms with Crippen molar-refractivity contribution >= 4 is 23.9 Å². The maximum absolute atomic E-state index is 11.8. The molecule has 1 rings (SSSR count). The first-order chi connectivity index (χ1) is 9.79. The van der Waals surface area contributed by atoms with E-state index in [0.717, 1.165) is 0 Å². The average molecular weight is 304 g/mol. The highest BCUT2D eigenvalue weighted by atomic mass is 16.5. The fourth-order valence-corrected chi connectivity index (χ4v) is 2.54. The highest BCUT2D eigenvalue weighted by Gasteiger charge is 2.49. The summed E-state index contributed by atoms with van der Waals surface area (Å²) in [5.41, 5.74) is 0. The van der Waals surface area contributed by atoms with Crippen molar-refractivity contribution in [2.24, 2.45) is 23.7 Å². The van der Waals surface area contributed by atoms with Crippen molar-refractivity contribution in [3.05, 3.63) is 0 Å². The summed E-state index contributed by atoms with van der Waals surface area (Å²) < 4.78 is 4.64. The molecule has 4 unspecified atom stereocenters. The number of hydrogen-bond acceptors (Lipinski definition) is 6. The van der Waals surface area contributed by atoms with Gasteiger partial charge in [0.15, 0.2) is 0 Å². The number of carboxylic acids is 3. The third kappa shape index (κ3) is 3.91. The van der Waals surface area contributed by atoms with Crippen LogP contribution in [0.1, 0.15) is 12.8 Å². The zero-order valence-electron chi connectivity index (χ0n) is 11.0. The Labute approximate surface area is 119 Å². The van der Waals surface area contributed by atoms with Crippen molar-refractivity contribution in [3.63, 3.8) is 0 Å². The summed E-state index contributed by atoms with van der Waals surface area (Å²) in [6.45, 7) is -0.780. The summed E-state index contributed by atoms with van der Waals surface area (Å²) in [6.07, 6.45) is -0.881. The van der Waals surface area contributed by atoms with Gasteiger partial charge in [-0.1, -0.05) is 0 Å². The van der Waals surface area contributed by atoms with Crippen molar-refractivity contribution in [3.8, 4) is 0 Å². The van der Waals surface area contributed by atoms with Gasteiger partial charge in [-0.2, -0.15) is 0 Å². The smallest absolute Gasteiger partial charge is 0.309 e. The van der Waals surface area contributed by atoms with E-state index >= 15 is 0 Å². The molecule has 1 saturated carbocycles. The fourth-order valence-electron chi connectivity index (χ4n) is 2.54. The highest BCUT2D eigenvalue weighted by Crippen LogP contribution is 2.39. The predicted octanol–water partition coefficient (Wildman–Crippen LogP) is -0.966. The van der Waals surface area contributed by atoms with E-state index < -0.39 is 67.0 Å². The Morgan fingerprint density at radius 2 is 1.19 bits per heavy atom. The van der Waals surface area contributed by atoms with Crippen LogP contribution >= 0.6 is 0 Å². The Bertz CT molecular complexity index is 444. The van der Waals surface area contributed by atoms with E-state index in [4.69, 9.17) is 20.4 Å². The molecular weight excluding hydrogens is 288 g/mol. The van der Waals surface area contributed by atoms with Gasteiger partial charge in [-0.05, 0) is 12.8 Å². The summed E-state index contributed by atoms with van der Waals surface area (Å²) in [7, 11) is 0. The molecule has 0 aromatic rings. The van der Waals surface area contributed by atoms with Gasteiger partial charge in [0.2, 0.25) is 0 Å². The monoisotopic (exact) mass is 304 g/mol. The Morgan fingerprint density at radius 3 is 1.57 bits per heavy atom. The molecule has 9 nitrogen and oxygen atoms in total. The minimum atomic E-state index is -1.41. The third-order valence-corrected chi connectivity index (χ3v) is 3.58. The van der Waals surface area contributed by atoms with E-state index in [1.165, 1.54) is 0 Å². The Kier molecular flexibility index (Phi) is 5.65. The lowest BCUT2D eigenvalue weighted by Crippen LogP contribution is -2.45. The van der Waals surface area contributed by atoms with Crippen molar-refractivity contribution in [1.29, 1.82) is 0 Å². The van der Waals surface area contributed by atoms with E-state index in [-0.39, 0.29) is 6.61 Å². The quantitative estimate of drug-likeness (QED) is 0.453. The lowest BCUT2D eigenvalue weighted by Gasteiger charge is -2.34. The van der Waals surface area contributed by atoms with E-state index in [2.05, 4.69) is 4.74 Å². The molecule has 1 aliphatic carbocycles. The van der Waals surface area contributed by atoms with Crippen LogP contribution in [-0.2, 0) is 23.9 Å². The number of rotatable bonds is 6. The second-order valence-electron chi connectivity index (χ2n) is 4.80. The number of aliphatic carboxylic acids is 3. The van der Waals surface area contributed by atoms with Crippen LogP contribution in [-0.4, -0.2) is 57.5 Å². The number of carbonyl (C=O) groups is 4. The normalized spacial score (nSPS) is 28.6. The number of hydrogen-bond donors (Lipinski definition) is 4. The molecule has 118 valence electrons. The van der Waals surface area contributed by atoms with E-state index in [1.54, 1.807) is 0 Å². The van der Waals surface area contributed by atoms with Crippen molar-refractivity contribution in [2.75, 3.05) is 13.2 Å². The van der Waals surface area contributed by atoms with E-state index in [0.29, 0.717) is 0 Å². The number of aliphatic hydroxyl groups is 1. The lowest BCUT2D eigenvalue weighted by molar-refractivity contribution is -0.170. The maximum Gasteiger partial charge on any atom is 0.309 e. The van der Waals surface area contributed by atoms with Crippen LogP contribution < -0.4 is 0 Å². The first kappa shape index (κ1) is 16.9. The van der Waals surface area contributed by atoms with Crippen LogP contribution in [0.2, 0.25) is 0 Å². The van der Waals surface area contributed by atoms with Crippen molar-refractivity contribution < 1.29 is 44.3 Å². The fraction of sp³-hybridized carbons (Fsp3) is 0.667. The summed E-state index contributed by atoms with van der Waals surface area (Å²) in [6, 6.07) is 0. The Morgan fingerprint density at radius 1 is 0.810 bits per heavy atom. The minimum absolute atomic E-state index is 0.332. The van der Waals surface area contributed by atoms with Crippen LogP contribution in [0.5, 0.6) is 0 Å². The second kappa shape index (κ2) is 7.02. The molecule has 1 aliphatic rings. The van der Waals surface area contributed by atoms with Gasteiger partial charge in [-0.3, -0.25) is 19.2 Å².